The van der Waals surface area contributed by atoms with E-state index in [-0.39, 0.29) is 5.75 Å². The first-order chi connectivity index (χ1) is 13.6. The predicted octanol–water partition coefficient (Wildman–Crippen LogP) is 5.57. The topological polar surface area (TPSA) is 26.3 Å². The minimum atomic E-state index is -0.619. The first-order valence-electron chi connectivity index (χ1n) is 9.30. The minimum absolute atomic E-state index is 0.109. The van der Waals surface area contributed by atoms with Crippen molar-refractivity contribution in [1.82, 2.24) is 0 Å². The van der Waals surface area contributed by atoms with Gasteiger partial charge in [0.05, 0.1) is 5.56 Å². The molecule has 0 saturated heterocycles. The maximum Gasteiger partial charge on any atom is 0.343 e. The zero-order valence-corrected chi connectivity index (χ0v) is 16.0. The Morgan fingerprint density at radius 2 is 1.36 bits per heavy atom. The van der Waals surface area contributed by atoms with Crippen molar-refractivity contribution >= 4 is 5.97 Å². The van der Waals surface area contributed by atoms with E-state index in [9.17, 15) is 9.18 Å². The summed E-state index contributed by atoms with van der Waals surface area (Å²) in [5, 5.41) is 0. The standard InChI is InChI=1S/C25H21FO2/c1-3-18-5-7-20(8-6-18)9-10-21-13-16-24(23(26)17-21)28-25(27)22-14-11-19(4-2)12-15-22/h5-8,11-17H,3-4H2,1-2H3. The third-order valence-corrected chi connectivity index (χ3v) is 4.45. The lowest BCUT2D eigenvalue weighted by molar-refractivity contribution is 0.0728. The number of carbonyl (C=O) groups is 1. The summed E-state index contributed by atoms with van der Waals surface area (Å²) >= 11 is 0. The number of carbonyl (C=O) groups excluding carboxylic acids is 1. The molecule has 3 aromatic carbocycles. The zero-order chi connectivity index (χ0) is 19.9. The van der Waals surface area contributed by atoms with Crippen molar-refractivity contribution in [3.05, 3.63) is 100 Å². The van der Waals surface area contributed by atoms with Gasteiger partial charge in [-0.2, -0.15) is 0 Å². The number of benzene rings is 3. The van der Waals surface area contributed by atoms with Crippen LogP contribution in [0.3, 0.4) is 0 Å². The molecule has 0 aromatic heterocycles. The van der Waals surface area contributed by atoms with Gasteiger partial charge in [0, 0.05) is 11.1 Å². The fourth-order valence-corrected chi connectivity index (χ4v) is 2.66. The number of esters is 1. The first kappa shape index (κ1) is 19.4. The van der Waals surface area contributed by atoms with E-state index in [0.717, 1.165) is 24.0 Å². The van der Waals surface area contributed by atoms with E-state index in [4.69, 9.17) is 4.74 Å². The van der Waals surface area contributed by atoms with Crippen molar-refractivity contribution in [2.75, 3.05) is 0 Å². The predicted molar refractivity (Wildman–Crippen MR) is 109 cm³/mol. The van der Waals surface area contributed by atoms with Gasteiger partial charge in [-0.15, -0.1) is 0 Å². The highest BCUT2D eigenvalue weighted by Gasteiger charge is 2.12. The van der Waals surface area contributed by atoms with E-state index in [0.29, 0.717) is 11.1 Å². The van der Waals surface area contributed by atoms with E-state index in [2.05, 4.69) is 18.8 Å². The second kappa shape index (κ2) is 9.01. The van der Waals surface area contributed by atoms with Gasteiger partial charge in [0.15, 0.2) is 11.6 Å². The summed E-state index contributed by atoms with van der Waals surface area (Å²) in [5.74, 6) is 4.63. The largest absolute Gasteiger partial charge is 0.420 e. The number of aryl methyl sites for hydroxylation is 2. The molecule has 0 amide bonds. The Hall–Kier alpha value is -3.38. The van der Waals surface area contributed by atoms with Crippen LogP contribution in [0.1, 0.15) is 46.5 Å². The van der Waals surface area contributed by atoms with Gasteiger partial charge in [-0.3, -0.25) is 0 Å². The lowest BCUT2D eigenvalue weighted by Crippen LogP contribution is -2.09. The zero-order valence-electron chi connectivity index (χ0n) is 16.0. The van der Waals surface area contributed by atoms with Crippen LogP contribution >= 0.6 is 0 Å². The number of ether oxygens (including phenoxy) is 1. The number of hydrogen-bond acceptors (Lipinski definition) is 2. The Morgan fingerprint density at radius 1 is 0.821 bits per heavy atom. The summed E-state index contributed by atoms with van der Waals surface area (Å²) in [6.45, 7) is 4.13. The Bertz CT molecular complexity index is 1020. The minimum Gasteiger partial charge on any atom is -0.420 e. The molecular formula is C25H21FO2. The molecule has 3 aromatic rings. The van der Waals surface area contributed by atoms with E-state index < -0.39 is 11.8 Å². The number of rotatable bonds is 4. The molecule has 2 nitrogen and oxygen atoms in total. The molecule has 0 fully saturated rings. The molecule has 0 bridgehead atoms. The Kier molecular flexibility index (Phi) is 6.24. The van der Waals surface area contributed by atoms with Crippen LogP contribution in [-0.2, 0) is 12.8 Å². The monoisotopic (exact) mass is 372 g/mol. The van der Waals surface area contributed by atoms with Gasteiger partial charge in [-0.25, -0.2) is 9.18 Å². The second-order valence-electron chi connectivity index (χ2n) is 6.39. The van der Waals surface area contributed by atoms with Gasteiger partial charge >= 0.3 is 5.97 Å². The van der Waals surface area contributed by atoms with Gasteiger partial charge in [-0.1, -0.05) is 50.0 Å². The Labute approximate surface area is 165 Å². The van der Waals surface area contributed by atoms with Crippen LogP contribution < -0.4 is 4.74 Å². The number of hydrogen-bond donors (Lipinski definition) is 0. The molecule has 28 heavy (non-hydrogen) atoms. The van der Waals surface area contributed by atoms with E-state index in [1.807, 2.05) is 43.3 Å². The molecule has 140 valence electrons. The Morgan fingerprint density at radius 3 is 1.93 bits per heavy atom. The van der Waals surface area contributed by atoms with E-state index in [1.54, 1.807) is 18.2 Å². The maximum absolute atomic E-state index is 14.3. The molecule has 0 atom stereocenters. The first-order valence-corrected chi connectivity index (χ1v) is 9.30. The summed E-state index contributed by atoms with van der Waals surface area (Å²) in [5.41, 5.74) is 4.13. The second-order valence-corrected chi connectivity index (χ2v) is 6.39. The molecular weight excluding hydrogens is 351 g/mol. The quantitative estimate of drug-likeness (QED) is 0.340. The average Bonchev–Trinajstić information content (AvgIpc) is 2.74. The summed E-state index contributed by atoms with van der Waals surface area (Å²) in [6.07, 6.45) is 1.86. The lowest BCUT2D eigenvalue weighted by Gasteiger charge is -2.06. The van der Waals surface area contributed by atoms with Crippen LogP contribution in [-0.4, -0.2) is 5.97 Å². The van der Waals surface area contributed by atoms with Crippen molar-refractivity contribution in [1.29, 1.82) is 0 Å². The van der Waals surface area contributed by atoms with Crippen molar-refractivity contribution in [2.24, 2.45) is 0 Å². The SMILES string of the molecule is CCc1ccc(C#Cc2ccc(OC(=O)c3ccc(CC)cc3)c(F)c2)cc1. The average molecular weight is 372 g/mol. The van der Waals surface area contributed by atoms with Crippen molar-refractivity contribution in [3.63, 3.8) is 0 Å². The van der Waals surface area contributed by atoms with E-state index in [1.165, 1.54) is 17.7 Å². The van der Waals surface area contributed by atoms with Gasteiger partial charge in [0.2, 0.25) is 0 Å². The molecule has 3 rings (SSSR count). The van der Waals surface area contributed by atoms with Gasteiger partial charge < -0.3 is 4.74 Å². The lowest BCUT2D eigenvalue weighted by atomic mass is 10.1. The third-order valence-electron chi connectivity index (χ3n) is 4.45. The summed E-state index contributed by atoms with van der Waals surface area (Å²) in [4.78, 5) is 12.2. The van der Waals surface area contributed by atoms with Crippen LogP contribution in [0.15, 0.2) is 66.7 Å². The fourth-order valence-electron chi connectivity index (χ4n) is 2.66. The molecule has 0 radical (unpaired) electrons. The van der Waals surface area contributed by atoms with Crippen LogP contribution in [0.25, 0.3) is 0 Å². The highest BCUT2D eigenvalue weighted by molar-refractivity contribution is 5.91. The third kappa shape index (κ3) is 4.86. The van der Waals surface area contributed by atoms with Crippen LogP contribution in [0, 0.1) is 17.7 Å². The molecule has 0 aliphatic rings. The molecule has 0 aliphatic heterocycles. The molecule has 0 heterocycles. The normalized spacial score (nSPS) is 10.1. The molecule has 0 aliphatic carbocycles. The highest BCUT2D eigenvalue weighted by atomic mass is 19.1. The van der Waals surface area contributed by atoms with Gasteiger partial charge in [0.25, 0.3) is 0 Å². The molecule has 0 N–H and O–H groups in total. The van der Waals surface area contributed by atoms with Crippen molar-refractivity contribution in [2.45, 2.75) is 26.7 Å². The molecule has 3 heteroatoms. The highest BCUT2D eigenvalue weighted by Crippen LogP contribution is 2.20. The molecule has 0 saturated carbocycles. The fraction of sp³-hybridized carbons (Fsp3) is 0.160. The summed E-state index contributed by atoms with van der Waals surface area (Å²) in [7, 11) is 0. The smallest absolute Gasteiger partial charge is 0.343 e. The van der Waals surface area contributed by atoms with Gasteiger partial charge in [0.1, 0.15) is 0 Å². The number of halogens is 1. The van der Waals surface area contributed by atoms with Crippen LogP contribution in [0.2, 0.25) is 0 Å². The van der Waals surface area contributed by atoms with Crippen molar-refractivity contribution in [3.8, 4) is 17.6 Å². The summed E-state index contributed by atoms with van der Waals surface area (Å²) in [6, 6.07) is 19.4. The Balaban J connectivity index is 1.71. The van der Waals surface area contributed by atoms with Gasteiger partial charge in [-0.05, 0) is 66.4 Å². The molecule has 0 unspecified atom stereocenters. The maximum atomic E-state index is 14.3. The van der Waals surface area contributed by atoms with Crippen LogP contribution in [0.4, 0.5) is 4.39 Å². The summed E-state index contributed by atoms with van der Waals surface area (Å²) < 4.78 is 19.5. The molecule has 0 spiro atoms. The van der Waals surface area contributed by atoms with E-state index >= 15 is 0 Å². The van der Waals surface area contributed by atoms with Crippen LogP contribution in [0.5, 0.6) is 5.75 Å². The van der Waals surface area contributed by atoms with Crippen molar-refractivity contribution < 1.29 is 13.9 Å².